The molecule has 0 saturated carbocycles. The van der Waals surface area contributed by atoms with Crippen molar-refractivity contribution in [2.75, 3.05) is 5.75 Å². The molecule has 14 heavy (non-hydrogen) atoms. The summed E-state index contributed by atoms with van der Waals surface area (Å²) in [7, 11) is 0. The van der Waals surface area contributed by atoms with Gasteiger partial charge in [-0.1, -0.05) is 29.8 Å². The molecule has 2 nitrogen and oxygen atoms in total. The molecular formula is C11H8N2S. The fraction of sp³-hybridized carbons (Fsp3) is 0.0909. The lowest BCUT2D eigenvalue weighted by atomic mass is 10.3. The lowest BCUT2D eigenvalue weighted by Gasteiger charge is -1.98. The third-order valence-corrected chi connectivity index (χ3v) is 2.53. The van der Waals surface area contributed by atoms with Gasteiger partial charge in [0.2, 0.25) is 0 Å². The zero-order valence-corrected chi connectivity index (χ0v) is 8.29. The molecule has 0 aliphatic rings. The van der Waals surface area contributed by atoms with Crippen LogP contribution in [-0.4, -0.2) is 15.7 Å². The zero-order chi connectivity index (χ0) is 9.80. The van der Waals surface area contributed by atoms with Gasteiger partial charge in [-0.05, 0) is 12.1 Å². The highest BCUT2D eigenvalue weighted by Crippen LogP contribution is 2.16. The van der Waals surface area contributed by atoms with Gasteiger partial charge >= 0.3 is 0 Å². The van der Waals surface area contributed by atoms with E-state index in [1.165, 1.54) is 11.8 Å². The Balaban J connectivity index is 2.37. The third-order valence-electron chi connectivity index (χ3n) is 1.73. The van der Waals surface area contributed by atoms with Crippen LogP contribution in [0.15, 0.2) is 35.5 Å². The van der Waals surface area contributed by atoms with Gasteiger partial charge in [0.05, 0.1) is 23.0 Å². The number of aromatic nitrogens is 2. The summed E-state index contributed by atoms with van der Waals surface area (Å²) in [5.41, 5.74) is 1.83. The van der Waals surface area contributed by atoms with Crippen LogP contribution in [0, 0.1) is 12.3 Å². The van der Waals surface area contributed by atoms with Crippen LogP contribution in [0.25, 0.3) is 11.0 Å². The van der Waals surface area contributed by atoms with E-state index in [0.717, 1.165) is 16.1 Å². The van der Waals surface area contributed by atoms with E-state index in [-0.39, 0.29) is 0 Å². The Hall–Kier alpha value is -1.53. The normalized spacial score (nSPS) is 9.93. The molecule has 3 heteroatoms. The predicted molar refractivity (Wildman–Crippen MR) is 59.1 cm³/mol. The molecule has 0 unspecified atom stereocenters. The van der Waals surface area contributed by atoms with E-state index in [2.05, 4.69) is 15.9 Å². The van der Waals surface area contributed by atoms with E-state index in [4.69, 9.17) is 6.42 Å². The van der Waals surface area contributed by atoms with E-state index in [1.807, 2.05) is 24.3 Å². The van der Waals surface area contributed by atoms with Gasteiger partial charge < -0.3 is 0 Å². The molecule has 0 bridgehead atoms. The Morgan fingerprint density at radius 1 is 1.29 bits per heavy atom. The standard InChI is InChI=1S/C11H8N2S/c1-2-7-14-11-8-12-9-5-3-4-6-10(9)13-11/h1,3-6,8H,7H2. The van der Waals surface area contributed by atoms with Crippen molar-refractivity contribution < 1.29 is 0 Å². The zero-order valence-electron chi connectivity index (χ0n) is 7.47. The van der Waals surface area contributed by atoms with Gasteiger partial charge in [0, 0.05) is 0 Å². The second-order valence-corrected chi connectivity index (χ2v) is 3.69. The van der Waals surface area contributed by atoms with Gasteiger partial charge in [-0.15, -0.1) is 6.42 Å². The minimum atomic E-state index is 0.632. The van der Waals surface area contributed by atoms with E-state index < -0.39 is 0 Å². The number of benzene rings is 1. The molecule has 68 valence electrons. The Labute approximate surface area is 86.8 Å². The monoisotopic (exact) mass is 200 g/mol. The molecule has 1 aromatic heterocycles. The second kappa shape index (κ2) is 4.12. The quantitative estimate of drug-likeness (QED) is 0.549. The molecule has 0 N–H and O–H groups in total. The van der Waals surface area contributed by atoms with Gasteiger partial charge in [-0.25, -0.2) is 4.98 Å². The predicted octanol–water partition coefficient (Wildman–Crippen LogP) is 2.36. The average Bonchev–Trinajstić information content (AvgIpc) is 2.26. The first kappa shape index (κ1) is 9.04. The molecule has 0 aliphatic heterocycles. The SMILES string of the molecule is C#CCSc1cnc2ccccc2n1. The number of thioether (sulfide) groups is 1. The van der Waals surface area contributed by atoms with Crippen molar-refractivity contribution in [1.82, 2.24) is 9.97 Å². The molecule has 2 rings (SSSR count). The first-order valence-electron chi connectivity index (χ1n) is 4.18. The topological polar surface area (TPSA) is 25.8 Å². The lowest BCUT2D eigenvalue weighted by molar-refractivity contribution is 1.12. The lowest BCUT2D eigenvalue weighted by Crippen LogP contribution is -1.86. The van der Waals surface area contributed by atoms with Crippen molar-refractivity contribution in [3.05, 3.63) is 30.5 Å². The molecule has 1 heterocycles. The molecule has 2 aromatic rings. The van der Waals surface area contributed by atoms with Crippen molar-refractivity contribution in [1.29, 1.82) is 0 Å². The number of hydrogen-bond acceptors (Lipinski definition) is 3. The Kier molecular flexibility index (Phi) is 2.66. The fourth-order valence-electron chi connectivity index (χ4n) is 1.13. The summed E-state index contributed by atoms with van der Waals surface area (Å²) in [6, 6.07) is 7.79. The van der Waals surface area contributed by atoms with Gasteiger partial charge in [0.15, 0.2) is 0 Å². The number of terminal acetylenes is 1. The van der Waals surface area contributed by atoms with Gasteiger partial charge in [0.25, 0.3) is 0 Å². The summed E-state index contributed by atoms with van der Waals surface area (Å²) in [6.45, 7) is 0. The molecule has 0 aliphatic carbocycles. The molecule has 0 amide bonds. The maximum Gasteiger partial charge on any atom is 0.116 e. The number of rotatable bonds is 2. The summed E-state index contributed by atoms with van der Waals surface area (Å²) in [4.78, 5) is 8.70. The summed E-state index contributed by atoms with van der Waals surface area (Å²) >= 11 is 1.53. The molecular weight excluding hydrogens is 192 g/mol. The van der Waals surface area contributed by atoms with Crippen molar-refractivity contribution in [3.8, 4) is 12.3 Å². The van der Waals surface area contributed by atoms with Gasteiger partial charge in [0.1, 0.15) is 5.03 Å². The molecule has 0 radical (unpaired) electrons. The van der Waals surface area contributed by atoms with E-state index in [9.17, 15) is 0 Å². The van der Waals surface area contributed by atoms with Crippen molar-refractivity contribution >= 4 is 22.8 Å². The van der Waals surface area contributed by atoms with Crippen LogP contribution in [0.4, 0.5) is 0 Å². The number of para-hydroxylation sites is 2. The largest absolute Gasteiger partial charge is 0.252 e. The minimum absolute atomic E-state index is 0.632. The van der Waals surface area contributed by atoms with Crippen LogP contribution >= 0.6 is 11.8 Å². The first-order valence-corrected chi connectivity index (χ1v) is 5.17. The highest BCUT2D eigenvalue weighted by atomic mass is 32.2. The summed E-state index contributed by atoms with van der Waals surface area (Å²) in [6.07, 6.45) is 6.92. The molecule has 0 atom stereocenters. The van der Waals surface area contributed by atoms with Crippen LogP contribution < -0.4 is 0 Å². The van der Waals surface area contributed by atoms with E-state index in [0.29, 0.717) is 5.75 Å². The molecule has 0 saturated heterocycles. The van der Waals surface area contributed by atoms with E-state index in [1.54, 1.807) is 6.20 Å². The minimum Gasteiger partial charge on any atom is -0.252 e. The Bertz CT molecular complexity index is 488. The smallest absolute Gasteiger partial charge is 0.116 e. The molecule has 0 fully saturated rings. The first-order chi connectivity index (χ1) is 6.90. The van der Waals surface area contributed by atoms with Crippen LogP contribution in [-0.2, 0) is 0 Å². The fourth-order valence-corrected chi connectivity index (χ4v) is 1.65. The number of nitrogens with zero attached hydrogens (tertiary/aromatic N) is 2. The third kappa shape index (κ3) is 1.86. The van der Waals surface area contributed by atoms with Crippen molar-refractivity contribution in [3.63, 3.8) is 0 Å². The number of hydrogen-bond donors (Lipinski definition) is 0. The van der Waals surface area contributed by atoms with Crippen LogP contribution in [0.3, 0.4) is 0 Å². The Morgan fingerprint density at radius 3 is 2.86 bits per heavy atom. The van der Waals surface area contributed by atoms with Crippen molar-refractivity contribution in [2.45, 2.75) is 5.03 Å². The summed E-state index contributed by atoms with van der Waals surface area (Å²) < 4.78 is 0. The Morgan fingerprint density at radius 2 is 2.07 bits per heavy atom. The van der Waals surface area contributed by atoms with Gasteiger partial charge in [-0.2, -0.15) is 0 Å². The number of fused-ring (bicyclic) bond motifs is 1. The average molecular weight is 200 g/mol. The summed E-state index contributed by atoms with van der Waals surface area (Å²) in [5.74, 6) is 3.19. The van der Waals surface area contributed by atoms with Crippen LogP contribution in [0.1, 0.15) is 0 Å². The van der Waals surface area contributed by atoms with Crippen LogP contribution in [0.2, 0.25) is 0 Å². The summed E-state index contributed by atoms with van der Waals surface area (Å²) in [5, 5.41) is 0.877. The molecule has 0 spiro atoms. The maximum absolute atomic E-state index is 5.17. The maximum atomic E-state index is 5.17. The van der Waals surface area contributed by atoms with Crippen LogP contribution in [0.5, 0.6) is 0 Å². The van der Waals surface area contributed by atoms with Gasteiger partial charge in [-0.3, -0.25) is 4.98 Å². The van der Waals surface area contributed by atoms with E-state index >= 15 is 0 Å². The van der Waals surface area contributed by atoms with Crippen molar-refractivity contribution in [2.24, 2.45) is 0 Å². The highest BCUT2D eigenvalue weighted by Gasteiger charge is 1.98. The highest BCUT2D eigenvalue weighted by molar-refractivity contribution is 7.99. The second-order valence-electron chi connectivity index (χ2n) is 2.69. The molecule has 1 aromatic carbocycles.